The van der Waals surface area contributed by atoms with Crippen LogP contribution in [0.3, 0.4) is 0 Å². The zero-order chi connectivity index (χ0) is 9.19. The van der Waals surface area contributed by atoms with Gasteiger partial charge in [-0.3, -0.25) is 10.1 Å². The molecule has 5 nitrogen and oxygen atoms in total. The van der Waals surface area contributed by atoms with Crippen molar-refractivity contribution in [3.63, 3.8) is 0 Å². The molecule has 0 amide bonds. The van der Waals surface area contributed by atoms with Gasteiger partial charge in [0.05, 0.1) is 0 Å². The largest absolute Gasteiger partial charge is 1.00 e. The van der Waals surface area contributed by atoms with Gasteiger partial charge in [-0.2, -0.15) is 0 Å². The van der Waals surface area contributed by atoms with Crippen LogP contribution in [0.4, 0.5) is 5.69 Å². The molecule has 0 heterocycles. The van der Waals surface area contributed by atoms with Gasteiger partial charge in [0.15, 0.2) is 7.67 Å². The Hall–Kier alpha value is -0.433. The van der Waals surface area contributed by atoms with E-state index in [0.29, 0.717) is 5.69 Å². The zero-order valence-corrected chi connectivity index (χ0v) is 7.99. The molecule has 66 valence electrons. The van der Waals surface area contributed by atoms with Crippen LogP contribution >= 0.6 is 7.67 Å². The first-order valence-corrected chi connectivity index (χ1v) is 4.84. The van der Waals surface area contributed by atoms with Crippen molar-refractivity contribution >= 4 is 13.4 Å². The molecule has 0 saturated heterocycles. The number of hydrogen-bond donors (Lipinski definition) is 3. The minimum Gasteiger partial charge on any atom is -0.772 e. The van der Waals surface area contributed by atoms with Crippen molar-refractivity contribution in [2.24, 2.45) is 5.50 Å². The SMILES string of the molecule is NP(=O)([O-])Nc1ccc(O)cc1.[Li+]. The maximum atomic E-state index is 10.5. The van der Waals surface area contributed by atoms with E-state index in [4.69, 9.17) is 10.6 Å². The summed E-state index contributed by atoms with van der Waals surface area (Å²) >= 11 is 0. The maximum Gasteiger partial charge on any atom is 1.00 e. The second-order valence-electron chi connectivity index (χ2n) is 2.26. The normalized spacial score (nSPS) is 14.0. The second kappa shape index (κ2) is 4.71. The minimum atomic E-state index is -3.98. The Morgan fingerprint density at radius 2 is 1.85 bits per heavy atom. The fraction of sp³-hybridized carbons (Fsp3) is 0. The summed E-state index contributed by atoms with van der Waals surface area (Å²) in [6.45, 7) is 0. The number of nitrogens with one attached hydrogen (secondary N) is 1. The van der Waals surface area contributed by atoms with Crippen LogP contribution in [0.1, 0.15) is 0 Å². The molecule has 1 atom stereocenters. The van der Waals surface area contributed by atoms with Crippen LogP contribution in [0.2, 0.25) is 0 Å². The first kappa shape index (κ1) is 12.6. The van der Waals surface area contributed by atoms with Gasteiger partial charge in [-0.25, -0.2) is 0 Å². The average Bonchev–Trinajstić information content (AvgIpc) is 1.91. The van der Waals surface area contributed by atoms with Crippen LogP contribution in [0.25, 0.3) is 0 Å². The summed E-state index contributed by atoms with van der Waals surface area (Å²) in [6, 6.07) is 5.54. The van der Waals surface area contributed by atoms with Crippen LogP contribution in [-0.4, -0.2) is 5.11 Å². The fourth-order valence-corrected chi connectivity index (χ4v) is 1.22. The Morgan fingerprint density at radius 1 is 1.38 bits per heavy atom. The molecule has 0 bridgehead atoms. The summed E-state index contributed by atoms with van der Waals surface area (Å²) < 4.78 is 10.5. The van der Waals surface area contributed by atoms with Gasteiger partial charge in [0, 0.05) is 5.69 Å². The predicted octanol–water partition coefficient (Wildman–Crippen LogP) is -2.76. The summed E-state index contributed by atoms with van der Waals surface area (Å²) in [5, 5.41) is 10.9. The van der Waals surface area contributed by atoms with Crippen molar-refractivity contribution in [3.05, 3.63) is 24.3 Å². The molecule has 0 fully saturated rings. The molecule has 0 aliphatic rings. The van der Waals surface area contributed by atoms with E-state index in [1.54, 1.807) is 0 Å². The van der Waals surface area contributed by atoms with Crippen LogP contribution in [0.5, 0.6) is 5.75 Å². The molecular weight excluding hydrogens is 186 g/mol. The van der Waals surface area contributed by atoms with Crippen molar-refractivity contribution in [1.29, 1.82) is 0 Å². The Labute approximate surface area is 87.7 Å². The molecule has 4 N–H and O–H groups in total. The standard InChI is InChI=1S/C6H9N2O3P.Li/c7-12(10,11)8-5-1-3-6(9)4-2-5;/h1-4,9H,(H4,7,8,10,11);/q;+1/p-1. The zero-order valence-electron chi connectivity index (χ0n) is 7.10. The van der Waals surface area contributed by atoms with Gasteiger partial charge in [0.1, 0.15) is 5.75 Å². The summed E-state index contributed by atoms with van der Waals surface area (Å²) in [5.41, 5.74) is 5.06. The quantitative estimate of drug-likeness (QED) is 0.269. The molecule has 0 spiro atoms. The van der Waals surface area contributed by atoms with Gasteiger partial charge in [0.25, 0.3) is 0 Å². The van der Waals surface area contributed by atoms with Crippen molar-refractivity contribution < 1.29 is 33.4 Å². The van der Waals surface area contributed by atoms with Crippen molar-refractivity contribution in [2.75, 3.05) is 5.09 Å². The molecule has 0 aromatic heterocycles. The Bertz CT molecular complexity index is 310. The van der Waals surface area contributed by atoms with Gasteiger partial charge in [-0.05, 0) is 24.3 Å². The first-order valence-electron chi connectivity index (χ1n) is 3.14. The van der Waals surface area contributed by atoms with E-state index in [2.05, 4.69) is 5.09 Å². The molecule has 13 heavy (non-hydrogen) atoms. The number of anilines is 1. The smallest absolute Gasteiger partial charge is 0.772 e. The third-order valence-corrected chi connectivity index (χ3v) is 1.72. The van der Waals surface area contributed by atoms with Crippen molar-refractivity contribution in [1.82, 2.24) is 0 Å². The summed E-state index contributed by atoms with van der Waals surface area (Å²) in [7, 11) is -3.98. The molecule has 1 unspecified atom stereocenters. The molecule has 7 heteroatoms. The van der Waals surface area contributed by atoms with E-state index >= 15 is 0 Å². The maximum absolute atomic E-state index is 10.5. The summed E-state index contributed by atoms with van der Waals surface area (Å²) in [5.74, 6) is 0.0679. The van der Waals surface area contributed by atoms with Gasteiger partial charge in [-0.15, -0.1) is 0 Å². The molecular formula is C6H8LiN2O3P. The average molecular weight is 194 g/mol. The molecule has 1 aromatic rings. The molecule has 0 saturated carbocycles. The third kappa shape index (κ3) is 4.99. The molecule has 1 aromatic carbocycles. The number of rotatable bonds is 2. The Kier molecular flexibility index (Phi) is 4.55. The number of nitrogens with two attached hydrogens (primary N) is 1. The predicted molar refractivity (Wildman–Crippen MR) is 43.5 cm³/mol. The molecule has 1 rings (SSSR count). The van der Waals surface area contributed by atoms with Gasteiger partial charge < -0.3 is 15.1 Å². The van der Waals surface area contributed by atoms with Crippen molar-refractivity contribution in [3.8, 4) is 5.75 Å². The van der Waals surface area contributed by atoms with E-state index in [1.807, 2.05) is 0 Å². The van der Waals surface area contributed by atoms with Crippen LogP contribution in [-0.2, 0) is 4.57 Å². The number of phenolic OH excluding ortho intramolecular Hbond substituents is 1. The number of aromatic hydroxyl groups is 1. The van der Waals surface area contributed by atoms with Gasteiger partial charge in [-0.1, -0.05) is 0 Å². The number of benzene rings is 1. The Morgan fingerprint density at radius 3 is 2.23 bits per heavy atom. The van der Waals surface area contributed by atoms with Gasteiger partial charge in [0.2, 0.25) is 0 Å². The number of hydrogen-bond acceptors (Lipinski definition) is 3. The summed E-state index contributed by atoms with van der Waals surface area (Å²) in [4.78, 5) is 10.5. The second-order valence-corrected chi connectivity index (χ2v) is 3.67. The number of phenols is 1. The molecule has 0 aliphatic carbocycles. The summed E-state index contributed by atoms with van der Waals surface area (Å²) in [6.07, 6.45) is 0. The van der Waals surface area contributed by atoms with Crippen LogP contribution in [0.15, 0.2) is 24.3 Å². The van der Waals surface area contributed by atoms with Crippen LogP contribution in [0, 0.1) is 0 Å². The third-order valence-electron chi connectivity index (χ3n) is 1.15. The monoisotopic (exact) mass is 194 g/mol. The van der Waals surface area contributed by atoms with E-state index in [-0.39, 0.29) is 24.6 Å². The van der Waals surface area contributed by atoms with E-state index in [0.717, 1.165) is 0 Å². The minimum absolute atomic E-state index is 0. The topological polar surface area (TPSA) is 98.4 Å². The van der Waals surface area contributed by atoms with Crippen LogP contribution < -0.4 is 34.3 Å². The van der Waals surface area contributed by atoms with E-state index in [9.17, 15) is 9.46 Å². The fourth-order valence-electron chi connectivity index (χ4n) is 0.716. The van der Waals surface area contributed by atoms with Gasteiger partial charge >= 0.3 is 18.9 Å². The van der Waals surface area contributed by atoms with Crippen molar-refractivity contribution in [2.45, 2.75) is 0 Å². The Balaban J connectivity index is 0.00000144. The molecule has 0 radical (unpaired) electrons. The van der Waals surface area contributed by atoms with E-state index < -0.39 is 7.67 Å². The van der Waals surface area contributed by atoms with E-state index in [1.165, 1.54) is 24.3 Å². The first-order chi connectivity index (χ1) is 5.47. The molecule has 0 aliphatic heterocycles.